The molecule has 2 aromatic carbocycles. The number of hydrogen-bond donors (Lipinski definition) is 3. The number of nitrogens with zero attached hydrogens (tertiary/aromatic N) is 1. The maximum absolute atomic E-state index is 12.8. The number of aromatic nitrogens is 1. The lowest BCUT2D eigenvalue weighted by Crippen LogP contribution is -2.44. The van der Waals surface area contributed by atoms with E-state index in [-0.39, 0.29) is 18.1 Å². The Labute approximate surface area is 194 Å². The summed E-state index contributed by atoms with van der Waals surface area (Å²) in [6, 6.07) is 13.2. The summed E-state index contributed by atoms with van der Waals surface area (Å²) in [7, 11) is 1.55. The van der Waals surface area contributed by atoms with Gasteiger partial charge in [-0.05, 0) is 43.7 Å². The van der Waals surface area contributed by atoms with Crippen molar-refractivity contribution in [1.82, 2.24) is 21.3 Å². The SMILES string of the molecule is COc1cc(C(=O)NC2CC(c3ccccc3Br)NN2)ccc1OCc1c(C)noc1C. The molecule has 2 heterocycles. The molecule has 1 aromatic heterocycles. The Morgan fingerprint density at radius 2 is 2.03 bits per heavy atom. The van der Waals surface area contributed by atoms with Crippen LogP contribution in [0.3, 0.4) is 0 Å². The molecule has 0 saturated carbocycles. The molecular weight excluding hydrogens is 476 g/mol. The summed E-state index contributed by atoms with van der Waals surface area (Å²) >= 11 is 3.58. The van der Waals surface area contributed by atoms with Crippen LogP contribution in [0.4, 0.5) is 0 Å². The van der Waals surface area contributed by atoms with Crippen LogP contribution in [0.15, 0.2) is 51.5 Å². The van der Waals surface area contributed by atoms with Crippen LogP contribution in [-0.2, 0) is 6.61 Å². The third-order valence-corrected chi connectivity index (χ3v) is 6.19. The summed E-state index contributed by atoms with van der Waals surface area (Å²) in [6.45, 7) is 4.01. The number of amides is 1. The normalized spacial score (nSPS) is 17.9. The summed E-state index contributed by atoms with van der Waals surface area (Å²) in [5, 5.41) is 6.94. The fourth-order valence-corrected chi connectivity index (χ4v) is 4.20. The number of rotatable bonds is 7. The number of aryl methyl sites for hydroxylation is 2. The molecule has 0 bridgehead atoms. The van der Waals surface area contributed by atoms with E-state index in [2.05, 4.69) is 43.3 Å². The predicted molar refractivity (Wildman–Crippen MR) is 122 cm³/mol. The third-order valence-electron chi connectivity index (χ3n) is 5.47. The molecule has 0 radical (unpaired) electrons. The van der Waals surface area contributed by atoms with E-state index in [0.717, 1.165) is 27.1 Å². The highest BCUT2D eigenvalue weighted by molar-refractivity contribution is 9.10. The first kappa shape index (κ1) is 22.3. The fourth-order valence-electron chi connectivity index (χ4n) is 3.64. The molecule has 3 aromatic rings. The van der Waals surface area contributed by atoms with Gasteiger partial charge in [0.1, 0.15) is 12.4 Å². The number of hydrazine groups is 1. The van der Waals surface area contributed by atoms with E-state index >= 15 is 0 Å². The van der Waals surface area contributed by atoms with Crippen molar-refractivity contribution in [1.29, 1.82) is 0 Å². The van der Waals surface area contributed by atoms with Crippen LogP contribution in [0.25, 0.3) is 0 Å². The van der Waals surface area contributed by atoms with E-state index in [1.54, 1.807) is 25.3 Å². The molecule has 0 spiro atoms. The van der Waals surface area contributed by atoms with E-state index in [4.69, 9.17) is 14.0 Å². The van der Waals surface area contributed by atoms with Crippen molar-refractivity contribution in [2.45, 2.75) is 39.1 Å². The minimum absolute atomic E-state index is 0.0884. The smallest absolute Gasteiger partial charge is 0.252 e. The van der Waals surface area contributed by atoms with Gasteiger partial charge >= 0.3 is 0 Å². The number of carbonyl (C=O) groups excluding carboxylic acids is 1. The average Bonchev–Trinajstić information content (AvgIpc) is 3.38. The Morgan fingerprint density at radius 1 is 1.22 bits per heavy atom. The Morgan fingerprint density at radius 3 is 2.75 bits per heavy atom. The molecule has 9 heteroatoms. The number of ether oxygens (including phenoxy) is 2. The quantitative estimate of drug-likeness (QED) is 0.451. The lowest BCUT2D eigenvalue weighted by molar-refractivity contribution is 0.0932. The maximum atomic E-state index is 12.8. The topological polar surface area (TPSA) is 97.7 Å². The second-order valence-corrected chi connectivity index (χ2v) is 8.44. The zero-order valence-corrected chi connectivity index (χ0v) is 19.7. The van der Waals surface area contributed by atoms with Crippen molar-refractivity contribution in [3.05, 3.63) is 75.1 Å². The van der Waals surface area contributed by atoms with Crippen LogP contribution in [0, 0.1) is 13.8 Å². The molecule has 1 fully saturated rings. The van der Waals surface area contributed by atoms with E-state index in [0.29, 0.717) is 30.1 Å². The molecule has 2 unspecified atom stereocenters. The van der Waals surface area contributed by atoms with Crippen LogP contribution in [0.1, 0.15) is 45.4 Å². The van der Waals surface area contributed by atoms with Crippen molar-refractivity contribution >= 4 is 21.8 Å². The molecular formula is C23H25BrN4O4. The first-order valence-electron chi connectivity index (χ1n) is 10.2. The highest BCUT2D eigenvalue weighted by Gasteiger charge is 2.27. The number of carbonyl (C=O) groups is 1. The Bertz CT molecular complexity index is 1100. The molecule has 32 heavy (non-hydrogen) atoms. The van der Waals surface area contributed by atoms with Gasteiger partial charge in [-0.25, -0.2) is 10.9 Å². The van der Waals surface area contributed by atoms with E-state index in [1.807, 2.05) is 32.0 Å². The molecule has 8 nitrogen and oxygen atoms in total. The highest BCUT2D eigenvalue weighted by Crippen LogP contribution is 2.30. The number of nitrogens with one attached hydrogen (secondary N) is 3. The molecule has 1 aliphatic rings. The van der Waals surface area contributed by atoms with E-state index in [1.165, 1.54) is 0 Å². The Kier molecular flexibility index (Phi) is 6.78. The van der Waals surface area contributed by atoms with Gasteiger partial charge < -0.3 is 19.3 Å². The van der Waals surface area contributed by atoms with Gasteiger partial charge in [-0.2, -0.15) is 0 Å². The van der Waals surface area contributed by atoms with Crippen molar-refractivity contribution < 1.29 is 18.8 Å². The van der Waals surface area contributed by atoms with Gasteiger partial charge in [0.15, 0.2) is 11.5 Å². The summed E-state index contributed by atoms with van der Waals surface area (Å²) in [6.07, 6.45) is 0.505. The van der Waals surface area contributed by atoms with Crippen LogP contribution in [-0.4, -0.2) is 24.3 Å². The maximum Gasteiger partial charge on any atom is 0.252 e. The second kappa shape index (κ2) is 9.72. The van der Waals surface area contributed by atoms with E-state index in [9.17, 15) is 4.79 Å². The molecule has 1 amide bonds. The van der Waals surface area contributed by atoms with Crippen LogP contribution in [0.2, 0.25) is 0 Å². The second-order valence-electron chi connectivity index (χ2n) is 7.58. The number of hydrogen-bond acceptors (Lipinski definition) is 7. The Balaban J connectivity index is 1.39. The van der Waals surface area contributed by atoms with Gasteiger partial charge in [0.05, 0.1) is 30.6 Å². The van der Waals surface area contributed by atoms with Crippen molar-refractivity contribution in [3.8, 4) is 11.5 Å². The lowest BCUT2D eigenvalue weighted by atomic mass is 10.0. The first-order valence-corrected chi connectivity index (χ1v) is 11.0. The minimum Gasteiger partial charge on any atom is -0.493 e. The molecule has 168 valence electrons. The van der Waals surface area contributed by atoms with Gasteiger partial charge in [-0.3, -0.25) is 4.79 Å². The van der Waals surface area contributed by atoms with Crippen LogP contribution >= 0.6 is 15.9 Å². The summed E-state index contributed by atoms with van der Waals surface area (Å²) in [5.41, 5.74) is 9.69. The zero-order valence-electron chi connectivity index (χ0n) is 18.1. The number of halogens is 1. The van der Waals surface area contributed by atoms with Crippen LogP contribution in [0.5, 0.6) is 11.5 Å². The zero-order chi connectivity index (χ0) is 22.7. The highest BCUT2D eigenvalue weighted by atomic mass is 79.9. The standard InChI is InChI=1S/C23H25BrN4O4/c1-13-17(14(2)32-28-13)12-31-20-9-8-15(10-21(20)30-3)23(29)25-22-11-19(26-27-22)16-6-4-5-7-18(16)24/h4-10,19,22,26-27H,11-12H2,1-3H3,(H,25,29). The average molecular weight is 501 g/mol. The van der Waals surface area contributed by atoms with Crippen molar-refractivity contribution in [2.24, 2.45) is 0 Å². The molecule has 1 saturated heterocycles. The van der Waals surface area contributed by atoms with Gasteiger partial charge in [0.2, 0.25) is 0 Å². The molecule has 1 aliphatic heterocycles. The van der Waals surface area contributed by atoms with Crippen molar-refractivity contribution in [3.63, 3.8) is 0 Å². The molecule has 4 rings (SSSR count). The summed E-state index contributed by atoms with van der Waals surface area (Å²) in [5.74, 6) is 1.54. The van der Waals surface area contributed by atoms with Crippen LogP contribution < -0.4 is 25.6 Å². The molecule has 2 atom stereocenters. The lowest BCUT2D eigenvalue weighted by Gasteiger charge is -2.15. The fraction of sp³-hybridized carbons (Fsp3) is 0.304. The molecule has 0 aliphatic carbocycles. The van der Waals surface area contributed by atoms with E-state index < -0.39 is 0 Å². The third kappa shape index (κ3) is 4.79. The first-order chi connectivity index (χ1) is 15.5. The summed E-state index contributed by atoms with van der Waals surface area (Å²) < 4.78 is 17.5. The minimum atomic E-state index is -0.207. The number of benzene rings is 2. The monoisotopic (exact) mass is 500 g/mol. The van der Waals surface area contributed by atoms with Gasteiger partial charge in [0.25, 0.3) is 5.91 Å². The van der Waals surface area contributed by atoms with Gasteiger partial charge in [-0.15, -0.1) is 0 Å². The number of methoxy groups -OCH3 is 1. The largest absolute Gasteiger partial charge is 0.493 e. The van der Waals surface area contributed by atoms with Gasteiger partial charge in [-0.1, -0.05) is 39.3 Å². The van der Waals surface area contributed by atoms with Gasteiger partial charge in [0, 0.05) is 16.5 Å². The molecule has 3 N–H and O–H groups in total. The Hall–Kier alpha value is -2.88. The predicted octanol–water partition coefficient (Wildman–Crippen LogP) is 3.94. The van der Waals surface area contributed by atoms with Crippen molar-refractivity contribution in [2.75, 3.05) is 7.11 Å². The summed E-state index contributed by atoms with van der Waals surface area (Å²) in [4.78, 5) is 12.8.